The third-order valence-electron chi connectivity index (χ3n) is 3.87. The normalized spacial score (nSPS) is 10.8. The lowest BCUT2D eigenvalue weighted by atomic mass is 10.1. The summed E-state index contributed by atoms with van der Waals surface area (Å²) >= 11 is 0. The van der Waals surface area contributed by atoms with Gasteiger partial charge in [0, 0.05) is 11.5 Å². The maximum Gasteiger partial charge on any atom is 0.292 e. The van der Waals surface area contributed by atoms with Crippen LogP contribution in [0.15, 0.2) is 69.6 Å². The highest BCUT2D eigenvalue weighted by Gasteiger charge is 2.14. The number of anilines is 1. The lowest BCUT2D eigenvalue weighted by Crippen LogP contribution is -2.11. The van der Waals surface area contributed by atoms with Gasteiger partial charge in [-0.05, 0) is 30.5 Å². The summed E-state index contributed by atoms with van der Waals surface area (Å²) in [5.41, 5.74) is 0. The van der Waals surface area contributed by atoms with E-state index < -0.39 is 5.91 Å². The number of fused-ring (bicyclic) bond motifs is 1. The topological polar surface area (TPSA) is 77.5 Å². The zero-order valence-corrected chi connectivity index (χ0v) is 14.1. The van der Waals surface area contributed by atoms with Crippen molar-refractivity contribution in [3.63, 3.8) is 0 Å². The van der Waals surface area contributed by atoms with Crippen LogP contribution in [-0.4, -0.2) is 11.1 Å². The van der Waals surface area contributed by atoms with E-state index in [2.05, 4.69) is 10.5 Å². The maximum absolute atomic E-state index is 12.2. The first-order chi connectivity index (χ1) is 12.7. The molecule has 0 fully saturated rings. The molecule has 2 heterocycles. The summed E-state index contributed by atoms with van der Waals surface area (Å²) in [7, 11) is 0. The molecule has 0 bridgehead atoms. The van der Waals surface area contributed by atoms with Gasteiger partial charge in [-0.25, -0.2) is 0 Å². The Bertz CT molecular complexity index is 1060. The van der Waals surface area contributed by atoms with E-state index in [1.54, 1.807) is 25.1 Å². The van der Waals surface area contributed by atoms with E-state index in [0.717, 1.165) is 16.5 Å². The summed E-state index contributed by atoms with van der Waals surface area (Å²) in [6.07, 6.45) is 0. The molecule has 0 aliphatic carbocycles. The molecule has 0 atom stereocenters. The minimum absolute atomic E-state index is 0.183. The molecule has 6 nitrogen and oxygen atoms in total. The fraction of sp³-hybridized carbons (Fsp3) is 0.100. The fourth-order valence-electron chi connectivity index (χ4n) is 2.65. The van der Waals surface area contributed by atoms with Crippen molar-refractivity contribution in [1.29, 1.82) is 0 Å². The number of hydrogen-bond donors (Lipinski definition) is 1. The van der Waals surface area contributed by atoms with Crippen molar-refractivity contribution < 1.29 is 18.5 Å². The van der Waals surface area contributed by atoms with Crippen molar-refractivity contribution in [2.45, 2.75) is 13.5 Å². The van der Waals surface area contributed by atoms with Gasteiger partial charge in [0.1, 0.15) is 23.9 Å². The quantitative estimate of drug-likeness (QED) is 0.572. The van der Waals surface area contributed by atoms with Gasteiger partial charge in [0.15, 0.2) is 11.6 Å². The van der Waals surface area contributed by atoms with Gasteiger partial charge >= 0.3 is 0 Å². The van der Waals surface area contributed by atoms with Crippen molar-refractivity contribution in [3.8, 4) is 5.75 Å². The number of carbonyl (C=O) groups is 1. The van der Waals surface area contributed by atoms with E-state index >= 15 is 0 Å². The number of nitrogens with one attached hydrogen (secondary N) is 1. The van der Waals surface area contributed by atoms with Crippen molar-refractivity contribution in [2.75, 3.05) is 5.32 Å². The smallest absolute Gasteiger partial charge is 0.292 e. The van der Waals surface area contributed by atoms with Crippen LogP contribution in [0.1, 0.15) is 22.1 Å². The first-order valence-corrected chi connectivity index (χ1v) is 8.13. The number of benzene rings is 2. The second-order valence-electron chi connectivity index (χ2n) is 5.81. The number of ether oxygens (including phenoxy) is 1. The maximum atomic E-state index is 12.2. The molecule has 0 saturated carbocycles. The van der Waals surface area contributed by atoms with E-state index in [1.807, 2.05) is 42.5 Å². The molecule has 4 rings (SSSR count). The van der Waals surface area contributed by atoms with Gasteiger partial charge < -0.3 is 19.0 Å². The van der Waals surface area contributed by atoms with Gasteiger partial charge in [-0.2, -0.15) is 0 Å². The van der Waals surface area contributed by atoms with Crippen molar-refractivity contribution >= 4 is 22.5 Å². The van der Waals surface area contributed by atoms with Gasteiger partial charge in [-0.15, -0.1) is 0 Å². The summed E-state index contributed by atoms with van der Waals surface area (Å²) in [4.78, 5) is 12.2. The molecule has 1 N–H and O–H groups in total. The average Bonchev–Trinajstić information content (AvgIpc) is 3.29. The largest absolute Gasteiger partial charge is 0.485 e. The zero-order valence-electron chi connectivity index (χ0n) is 14.1. The van der Waals surface area contributed by atoms with Crippen LogP contribution in [0, 0.1) is 6.92 Å². The number of furan rings is 1. The Morgan fingerprint density at radius 3 is 2.81 bits per heavy atom. The summed E-state index contributed by atoms with van der Waals surface area (Å²) in [5.74, 6) is 2.07. The first-order valence-electron chi connectivity index (χ1n) is 8.13. The second-order valence-corrected chi connectivity index (χ2v) is 5.81. The number of nitrogens with zero attached hydrogens (tertiary/aromatic N) is 1. The van der Waals surface area contributed by atoms with Gasteiger partial charge in [0.2, 0.25) is 0 Å². The van der Waals surface area contributed by atoms with Crippen LogP contribution in [0.5, 0.6) is 5.75 Å². The van der Waals surface area contributed by atoms with Crippen molar-refractivity contribution in [2.24, 2.45) is 0 Å². The van der Waals surface area contributed by atoms with Crippen LogP contribution in [0.25, 0.3) is 10.8 Å². The number of aryl methyl sites for hydroxylation is 1. The standard InChI is InChI=1S/C20H16N2O4/c1-13-11-19(22-26-13)21-20(23)18-10-9-15(25-18)12-24-17-8-4-6-14-5-2-3-7-16(14)17/h2-11H,12H2,1H3,(H,21,22,23). The number of aromatic nitrogens is 1. The number of carbonyl (C=O) groups excluding carboxylic acids is 1. The minimum atomic E-state index is -0.394. The predicted octanol–water partition coefficient (Wildman–Crippen LogP) is 4.56. The van der Waals surface area contributed by atoms with Crippen LogP contribution in [0.4, 0.5) is 5.82 Å². The monoisotopic (exact) mass is 348 g/mol. The minimum Gasteiger partial charge on any atom is -0.485 e. The molecule has 0 aliphatic rings. The van der Waals surface area contributed by atoms with Gasteiger partial charge in [0.05, 0.1) is 0 Å². The van der Waals surface area contributed by atoms with Crippen LogP contribution < -0.4 is 10.1 Å². The lowest BCUT2D eigenvalue weighted by Gasteiger charge is -2.07. The van der Waals surface area contributed by atoms with E-state index in [9.17, 15) is 4.79 Å². The Hall–Kier alpha value is -3.54. The van der Waals surface area contributed by atoms with Crippen LogP contribution in [0.3, 0.4) is 0 Å². The molecule has 2 aromatic heterocycles. The highest BCUT2D eigenvalue weighted by molar-refractivity contribution is 6.01. The Morgan fingerprint density at radius 2 is 1.96 bits per heavy atom. The first kappa shape index (κ1) is 16.0. The molecule has 0 spiro atoms. The molecular formula is C20H16N2O4. The summed E-state index contributed by atoms with van der Waals surface area (Å²) in [6, 6.07) is 18.8. The third kappa shape index (κ3) is 3.30. The lowest BCUT2D eigenvalue weighted by molar-refractivity contribution is 0.0991. The molecule has 0 aliphatic heterocycles. The third-order valence-corrected chi connectivity index (χ3v) is 3.87. The van der Waals surface area contributed by atoms with E-state index in [4.69, 9.17) is 13.7 Å². The molecule has 0 saturated heterocycles. The highest BCUT2D eigenvalue weighted by Crippen LogP contribution is 2.26. The summed E-state index contributed by atoms with van der Waals surface area (Å²) < 4.78 is 16.3. The molecule has 0 radical (unpaired) electrons. The van der Waals surface area contributed by atoms with Gasteiger partial charge in [-0.1, -0.05) is 41.6 Å². The molecule has 1 amide bonds. The van der Waals surface area contributed by atoms with E-state index in [1.165, 1.54) is 0 Å². The zero-order chi connectivity index (χ0) is 17.9. The van der Waals surface area contributed by atoms with Crippen molar-refractivity contribution in [3.05, 3.63) is 77.9 Å². The van der Waals surface area contributed by atoms with E-state index in [-0.39, 0.29) is 12.4 Å². The van der Waals surface area contributed by atoms with E-state index in [0.29, 0.717) is 17.3 Å². The highest BCUT2D eigenvalue weighted by atomic mass is 16.5. The van der Waals surface area contributed by atoms with Gasteiger partial charge in [0.25, 0.3) is 5.91 Å². The Morgan fingerprint density at radius 1 is 1.12 bits per heavy atom. The number of rotatable bonds is 5. The fourth-order valence-corrected chi connectivity index (χ4v) is 2.65. The average molecular weight is 348 g/mol. The Kier molecular flexibility index (Phi) is 4.15. The SMILES string of the molecule is Cc1cc(NC(=O)c2ccc(COc3cccc4ccccc34)o2)no1. The Labute approximate surface area is 149 Å². The molecule has 0 unspecified atom stereocenters. The van der Waals surface area contributed by atoms with Crippen LogP contribution in [-0.2, 0) is 6.61 Å². The molecule has 6 heteroatoms. The second kappa shape index (κ2) is 6.76. The summed E-state index contributed by atoms with van der Waals surface area (Å²) in [6.45, 7) is 1.97. The summed E-state index contributed by atoms with van der Waals surface area (Å²) in [5, 5.41) is 8.46. The van der Waals surface area contributed by atoms with Crippen LogP contribution in [0.2, 0.25) is 0 Å². The molecule has 2 aromatic carbocycles. The van der Waals surface area contributed by atoms with Crippen LogP contribution >= 0.6 is 0 Å². The molecule has 4 aromatic rings. The predicted molar refractivity (Wildman–Crippen MR) is 96.2 cm³/mol. The Balaban J connectivity index is 1.44. The van der Waals surface area contributed by atoms with Gasteiger partial charge in [-0.3, -0.25) is 4.79 Å². The number of amides is 1. The molecule has 130 valence electrons. The molecule has 26 heavy (non-hydrogen) atoms. The van der Waals surface area contributed by atoms with Crippen molar-refractivity contribution in [1.82, 2.24) is 5.16 Å². The molecular weight excluding hydrogens is 332 g/mol. The number of hydrogen-bond acceptors (Lipinski definition) is 5.